The molecule has 5 nitrogen and oxygen atoms in total. The van der Waals surface area contributed by atoms with E-state index in [0.29, 0.717) is 17.5 Å². The highest BCUT2D eigenvalue weighted by Crippen LogP contribution is 2.28. The van der Waals surface area contributed by atoms with Crippen LogP contribution in [0, 0.1) is 13.8 Å². The second kappa shape index (κ2) is 7.12. The summed E-state index contributed by atoms with van der Waals surface area (Å²) in [6, 6.07) is 19.7. The summed E-state index contributed by atoms with van der Waals surface area (Å²) in [5.74, 6) is 2.00. The van der Waals surface area contributed by atoms with E-state index in [4.69, 9.17) is 0 Å². The lowest BCUT2D eigenvalue weighted by molar-refractivity contribution is 0.475. The lowest BCUT2D eigenvalue weighted by Crippen LogP contribution is -2.01. The van der Waals surface area contributed by atoms with E-state index in [1.165, 1.54) is 5.56 Å². The minimum Gasteiger partial charge on any atom is -0.508 e. The first-order valence-electron chi connectivity index (χ1n) is 8.92. The Morgan fingerprint density at radius 2 is 1.04 bits per heavy atom. The number of aromatic hydroxyl groups is 2. The van der Waals surface area contributed by atoms with Crippen molar-refractivity contribution in [3.63, 3.8) is 0 Å². The lowest BCUT2D eigenvalue weighted by Gasteiger charge is -2.10. The lowest BCUT2D eigenvalue weighted by atomic mass is 10.0. The molecule has 3 aromatic carbocycles. The second-order valence-corrected chi connectivity index (χ2v) is 6.72. The zero-order valence-electron chi connectivity index (χ0n) is 15.6. The van der Waals surface area contributed by atoms with Crippen molar-refractivity contribution in [1.29, 1.82) is 0 Å². The predicted octanol–water partition coefficient (Wildman–Crippen LogP) is 4.90. The second-order valence-electron chi connectivity index (χ2n) is 6.72. The molecule has 0 amide bonds. The van der Waals surface area contributed by atoms with Crippen LogP contribution in [0.25, 0.3) is 34.2 Å². The summed E-state index contributed by atoms with van der Waals surface area (Å²) in [5, 5.41) is 19.2. The van der Waals surface area contributed by atoms with Gasteiger partial charge in [0.1, 0.15) is 11.5 Å². The van der Waals surface area contributed by atoms with Gasteiger partial charge in [-0.2, -0.15) is 0 Å². The van der Waals surface area contributed by atoms with Crippen molar-refractivity contribution in [2.24, 2.45) is 0 Å². The zero-order chi connectivity index (χ0) is 19.7. The molecule has 0 aliphatic carbocycles. The van der Waals surface area contributed by atoms with Crippen LogP contribution in [0.5, 0.6) is 11.5 Å². The number of aromatic nitrogens is 3. The van der Waals surface area contributed by atoms with Gasteiger partial charge in [-0.1, -0.05) is 23.8 Å². The summed E-state index contributed by atoms with van der Waals surface area (Å²) < 4.78 is 0. The minimum absolute atomic E-state index is 0.186. The van der Waals surface area contributed by atoms with Crippen LogP contribution < -0.4 is 0 Å². The molecule has 0 bridgehead atoms. The quantitative estimate of drug-likeness (QED) is 0.537. The van der Waals surface area contributed by atoms with E-state index in [-0.39, 0.29) is 11.5 Å². The maximum atomic E-state index is 9.58. The molecule has 0 aliphatic rings. The van der Waals surface area contributed by atoms with Gasteiger partial charge in [-0.25, -0.2) is 15.0 Å². The maximum Gasteiger partial charge on any atom is 0.164 e. The highest BCUT2D eigenvalue weighted by Gasteiger charge is 2.13. The molecule has 28 heavy (non-hydrogen) atoms. The first-order chi connectivity index (χ1) is 13.5. The van der Waals surface area contributed by atoms with Crippen LogP contribution >= 0.6 is 0 Å². The molecule has 5 heteroatoms. The fraction of sp³-hybridized carbons (Fsp3) is 0.0870. The predicted molar refractivity (Wildman–Crippen MR) is 109 cm³/mol. The Balaban J connectivity index is 1.92. The first kappa shape index (κ1) is 17.7. The molecule has 138 valence electrons. The van der Waals surface area contributed by atoms with Gasteiger partial charge in [-0.3, -0.25) is 0 Å². The van der Waals surface area contributed by atoms with Crippen LogP contribution in [0.2, 0.25) is 0 Å². The molecule has 0 aliphatic heterocycles. The topological polar surface area (TPSA) is 79.1 Å². The largest absolute Gasteiger partial charge is 0.508 e. The molecule has 0 radical (unpaired) electrons. The molecule has 0 fully saturated rings. The Morgan fingerprint density at radius 3 is 1.50 bits per heavy atom. The third kappa shape index (κ3) is 3.55. The van der Waals surface area contributed by atoms with E-state index in [0.717, 1.165) is 22.3 Å². The van der Waals surface area contributed by atoms with Gasteiger partial charge in [0.2, 0.25) is 0 Å². The first-order valence-corrected chi connectivity index (χ1v) is 8.92. The molecule has 0 saturated heterocycles. The maximum absolute atomic E-state index is 9.58. The summed E-state index contributed by atoms with van der Waals surface area (Å²) in [6.07, 6.45) is 0. The zero-order valence-corrected chi connectivity index (χ0v) is 15.6. The van der Waals surface area contributed by atoms with Crippen molar-refractivity contribution >= 4 is 0 Å². The van der Waals surface area contributed by atoms with Crippen LogP contribution in [0.15, 0.2) is 66.7 Å². The van der Waals surface area contributed by atoms with E-state index >= 15 is 0 Å². The average Bonchev–Trinajstić information content (AvgIpc) is 2.69. The molecule has 0 atom stereocenters. The highest BCUT2D eigenvalue weighted by molar-refractivity contribution is 5.68. The molecular weight excluding hydrogens is 350 g/mol. The Kier molecular flexibility index (Phi) is 4.49. The molecule has 4 rings (SSSR count). The molecule has 4 aromatic rings. The van der Waals surface area contributed by atoms with E-state index < -0.39 is 0 Å². The normalized spacial score (nSPS) is 10.8. The summed E-state index contributed by atoms with van der Waals surface area (Å²) >= 11 is 0. The minimum atomic E-state index is 0.186. The monoisotopic (exact) mass is 369 g/mol. The summed E-state index contributed by atoms with van der Waals surface area (Å²) in [4.78, 5) is 14.0. The SMILES string of the molecule is Cc1ccc(-c2nc(-c3ccc(O)cc3)nc(-c3ccc(O)cc3)n2)c(C)c1. The number of nitrogens with zero attached hydrogens (tertiary/aromatic N) is 3. The highest BCUT2D eigenvalue weighted by atomic mass is 16.3. The fourth-order valence-electron chi connectivity index (χ4n) is 3.04. The van der Waals surface area contributed by atoms with Crippen molar-refractivity contribution in [2.45, 2.75) is 13.8 Å². The Labute approximate surface area is 163 Å². The fourth-order valence-corrected chi connectivity index (χ4v) is 3.04. The molecule has 0 unspecified atom stereocenters. The standard InChI is InChI=1S/C23H19N3O2/c1-14-3-12-20(15(2)13-14)23-25-21(16-4-8-18(27)9-5-16)24-22(26-23)17-6-10-19(28)11-7-17/h3-13,27-28H,1-2H3. The van der Waals surface area contributed by atoms with Crippen LogP contribution in [-0.4, -0.2) is 25.2 Å². The molecule has 1 aromatic heterocycles. The number of aryl methyl sites for hydroxylation is 2. The number of rotatable bonds is 3. The van der Waals surface area contributed by atoms with E-state index in [9.17, 15) is 10.2 Å². The molecule has 1 heterocycles. The molecule has 0 saturated carbocycles. The van der Waals surface area contributed by atoms with Crippen LogP contribution in [0.4, 0.5) is 0 Å². The Bertz CT molecular complexity index is 1070. The summed E-state index contributed by atoms with van der Waals surface area (Å²) in [7, 11) is 0. The van der Waals surface area contributed by atoms with Gasteiger partial charge in [0.15, 0.2) is 17.5 Å². The van der Waals surface area contributed by atoms with Gasteiger partial charge < -0.3 is 10.2 Å². The number of phenols is 2. The number of hydrogen-bond acceptors (Lipinski definition) is 5. The number of hydrogen-bond donors (Lipinski definition) is 2. The van der Waals surface area contributed by atoms with Crippen molar-refractivity contribution in [2.75, 3.05) is 0 Å². The smallest absolute Gasteiger partial charge is 0.164 e. The summed E-state index contributed by atoms with van der Waals surface area (Å²) in [5.41, 5.74) is 4.76. The van der Waals surface area contributed by atoms with Crippen molar-refractivity contribution in [1.82, 2.24) is 15.0 Å². The van der Waals surface area contributed by atoms with Gasteiger partial charge in [-0.15, -0.1) is 0 Å². The van der Waals surface area contributed by atoms with Crippen LogP contribution in [-0.2, 0) is 0 Å². The van der Waals surface area contributed by atoms with E-state index in [1.54, 1.807) is 48.5 Å². The third-order valence-corrected chi connectivity index (χ3v) is 4.51. The van der Waals surface area contributed by atoms with E-state index in [2.05, 4.69) is 21.0 Å². The van der Waals surface area contributed by atoms with E-state index in [1.807, 2.05) is 26.0 Å². The van der Waals surface area contributed by atoms with Crippen LogP contribution in [0.1, 0.15) is 11.1 Å². The van der Waals surface area contributed by atoms with Gasteiger partial charge in [-0.05, 0) is 67.9 Å². The Morgan fingerprint density at radius 1 is 0.571 bits per heavy atom. The van der Waals surface area contributed by atoms with Gasteiger partial charge >= 0.3 is 0 Å². The van der Waals surface area contributed by atoms with Crippen molar-refractivity contribution < 1.29 is 10.2 Å². The third-order valence-electron chi connectivity index (χ3n) is 4.51. The average molecular weight is 369 g/mol. The number of phenolic OH excluding ortho intramolecular Hbond substituents is 2. The summed E-state index contributed by atoms with van der Waals surface area (Å²) in [6.45, 7) is 4.08. The Hall–Kier alpha value is -3.73. The van der Waals surface area contributed by atoms with Crippen molar-refractivity contribution in [3.8, 4) is 45.7 Å². The van der Waals surface area contributed by atoms with Crippen molar-refractivity contribution in [3.05, 3.63) is 77.9 Å². The van der Waals surface area contributed by atoms with Crippen LogP contribution in [0.3, 0.4) is 0 Å². The molecule has 0 spiro atoms. The number of benzene rings is 3. The van der Waals surface area contributed by atoms with Gasteiger partial charge in [0.25, 0.3) is 0 Å². The van der Waals surface area contributed by atoms with Gasteiger partial charge in [0, 0.05) is 16.7 Å². The molecular formula is C23H19N3O2. The molecule has 2 N–H and O–H groups in total. The van der Waals surface area contributed by atoms with Gasteiger partial charge in [0.05, 0.1) is 0 Å².